The van der Waals surface area contributed by atoms with Gasteiger partial charge in [0.1, 0.15) is 5.75 Å². The highest BCUT2D eigenvalue weighted by atomic mass is 19.4. The molecule has 1 unspecified atom stereocenters. The molecule has 0 amide bonds. The van der Waals surface area contributed by atoms with E-state index in [0.29, 0.717) is 18.3 Å². The number of guanidine groups is 1. The van der Waals surface area contributed by atoms with Gasteiger partial charge in [0.05, 0.1) is 6.54 Å². The van der Waals surface area contributed by atoms with Gasteiger partial charge in [0, 0.05) is 11.7 Å². The van der Waals surface area contributed by atoms with Crippen LogP contribution >= 0.6 is 0 Å². The van der Waals surface area contributed by atoms with E-state index >= 15 is 0 Å². The van der Waals surface area contributed by atoms with Gasteiger partial charge in [0.15, 0.2) is 5.96 Å². The summed E-state index contributed by atoms with van der Waals surface area (Å²) < 4.78 is 40.1. The average Bonchev–Trinajstić information content (AvgIpc) is 3.03. The van der Waals surface area contributed by atoms with Gasteiger partial charge < -0.3 is 15.8 Å². The van der Waals surface area contributed by atoms with Crippen LogP contribution in [0.1, 0.15) is 26.2 Å². The second-order valence-electron chi connectivity index (χ2n) is 5.73. The molecule has 1 atom stereocenters. The fourth-order valence-corrected chi connectivity index (χ4v) is 2.74. The number of rotatable bonds is 6. The van der Waals surface area contributed by atoms with Crippen molar-refractivity contribution < 1.29 is 17.9 Å². The molecular formula is C16H23F3N4O. The van der Waals surface area contributed by atoms with Crippen molar-refractivity contribution in [3.63, 3.8) is 0 Å². The number of halogens is 3. The van der Waals surface area contributed by atoms with E-state index in [2.05, 4.69) is 26.9 Å². The van der Waals surface area contributed by atoms with Gasteiger partial charge in [-0.15, -0.1) is 13.2 Å². The van der Waals surface area contributed by atoms with Crippen LogP contribution in [0.25, 0.3) is 0 Å². The third kappa shape index (κ3) is 5.92. The minimum absolute atomic E-state index is 0.247. The highest BCUT2D eigenvalue weighted by Crippen LogP contribution is 2.23. The average molecular weight is 344 g/mol. The Morgan fingerprint density at radius 2 is 1.92 bits per heavy atom. The van der Waals surface area contributed by atoms with Gasteiger partial charge in [0.2, 0.25) is 0 Å². The Morgan fingerprint density at radius 3 is 2.46 bits per heavy atom. The van der Waals surface area contributed by atoms with Crippen LogP contribution in [0.15, 0.2) is 29.3 Å². The zero-order valence-electron chi connectivity index (χ0n) is 13.6. The number of benzene rings is 1. The smallest absolute Gasteiger partial charge is 0.406 e. The van der Waals surface area contributed by atoms with Gasteiger partial charge in [-0.25, -0.2) is 0 Å². The fourth-order valence-electron chi connectivity index (χ4n) is 2.74. The van der Waals surface area contributed by atoms with Crippen molar-refractivity contribution in [2.45, 2.75) is 38.6 Å². The minimum atomic E-state index is -4.69. The zero-order chi connectivity index (χ0) is 17.6. The minimum Gasteiger partial charge on any atom is -0.406 e. The molecule has 8 heteroatoms. The molecule has 5 nitrogen and oxygen atoms in total. The van der Waals surface area contributed by atoms with Crippen LogP contribution in [-0.4, -0.2) is 42.9 Å². The van der Waals surface area contributed by atoms with Crippen LogP contribution in [0, 0.1) is 0 Å². The predicted octanol–water partition coefficient (Wildman–Crippen LogP) is 3.19. The Labute approximate surface area is 139 Å². The molecular weight excluding hydrogens is 321 g/mol. The molecule has 0 radical (unpaired) electrons. The highest BCUT2D eigenvalue weighted by Gasteiger charge is 2.30. The number of nitrogens with two attached hydrogens (primary N) is 1. The van der Waals surface area contributed by atoms with Crippen molar-refractivity contribution in [1.29, 1.82) is 0 Å². The van der Waals surface area contributed by atoms with Gasteiger partial charge >= 0.3 is 6.36 Å². The number of ether oxygens (including phenoxy) is 1. The Hall–Kier alpha value is -1.96. The molecule has 1 aromatic carbocycles. The zero-order valence-corrected chi connectivity index (χ0v) is 13.6. The van der Waals surface area contributed by atoms with Crippen LogP contribution in [0.3, 0.4) is 0 Å². The van der Waals surface area contributed by atoms with Gasteiger partial charge in [-0.1, -0.05) is 6.92 Å². The van der Waals surface area contributed by atoms with E-state index in [1.54, 1.807) is 0 Å². The summed E-state index contributed by atoms with van der Waals surface area (Å²) in [4.78, 5) is 6.76. The lowest BCUT2D eigenvalue weighted by Crippen LogP contribution is -2.35. The molecule has 1 aliphatic heterocycles. The quantitative estimate of drug-likeness (QED) is 0.615. The molecule has 1 aliphatic rings. The first-order chi connectivity index (χ1) is 11.4. The Balaban J connectivity index is 1.87. The summed E-state index contributed by atoms with van der Waals surface area (Å²) in [6.07, 6.45) is -1.25. The SMILES string of the molecule is CCC(CN=C(N)Nc1ccc(OC(F)(F)F)cc1)N1CCCC1. The van der Waals surface area contributed by atoms with Crippen LogP contribution in [0.5, 0.6) is 5.75 Å². The van der Waals surface area contributed by atoms with Crippen LogP contribution in [-0.2, 0) is 0 Å². The van der Waals surface area contributed by atoms with Gasteiger partial charge in [-0.05, 0) is 56.6 Å². The first kappa shape index (κ1) is 18.4. The lowest BCUT2D eigenvalue weighted by Gasteiger charge is -2.24. The summed E-state index contributed by atoms with van der Waals surface area (Å²) in [7, 11) is 0. The molecule has 24 heavy (non-hydrogen) atoms. The predicted molar refractivity (Wildman–Crippen MR) is 88.1 cm³/mol. The number of nitrogens with zero attached hydrogens (tertiary/aromatic N) is 2. The van der Waals surface area contributed by atoms with E-state index in [4.69, 9.17) is 5.73 Å². The van der Waals surface area contributed by atoms with E-state index in [1.165, 1.54) is 37.1 Å². The summed E-state index contributed by atoms with van der Waals surface area (Å²) in [6.45, 7) is 4.93. The Morgan fingerprint density at radius 1 is 1.29 bits per heavy atom. The summed E-state index contributed by atoms with van der Waals surface area (Å²) in [6, 6.07) is 5.74. The molecule has 0 spiro atoms. The van der Waals surface area contributed by atoms with Crippen LogP contribution < -0.4 is 15.8 Å². The van der Waals surface area contributed by atoms with E-state index < -0.39 is 6.36 Å². The molecule has 0 aliphatic carbocycles. The normalized spacial score (nSPS) is 17.8. The monoisotopic (exact) mass is 344 g/mol. The molecule has 0 aromatic heterocycles. The molecule has 1 fully saturated rings. The first-order valence-corrected chi connectivity index (χ1v) is 8.04. The number of aliphatic imine (C=N–C) groups is 1. The van der Waals surface area contributed by atoms with E-state index in [-0.39, 0.29) is 11.7 Å². The fraction of sp³-hybridized carbons (Fsp3) is 0.562. The lowest BCUT2D eigenvalue weighted by atomic mass is 10.2. The van der Waals surface area contributed by atoms with Crippen molar-refractivity contribution in [2.75, 3.05) is 25.0 Å². The molecule has 1 saturated heterocycles. The maximum Gasteiger partial charge on any atom is 0.573 e. The molecule has 0 bridgehead atoms. The first-order valence-electron chi connectivity index (χ1n) is 8.04. The third-order valence-corrected chi connectivity index (χ3v) is 3.96. The topological polar surface area (TPSA) is 62.9 Å². The highest BCUT2D eigenvalue weighted by molar-refractivity contribution is 5.92. The van der Waals surface area contributed by atoms with Gasteiger partial charge in [0.25, 0.3) is 0 Å². The Bertz CT molecular complexity index is 539. The van der Waals surface area contributed by atoms with Gasteiger partial charge in [-0.3, -0.25) is 9.89 Å². The van der Waals surface area contributed by atoms with Crippen LogP contribution in [0.2, 0.25) is 0 Å². The largest absolute Gasteiger partial charge is 0.573 e. The second-order valence-corrected chi connectivity index (χ2v) is 5.73. The van der Waals surface area contributed by atoms with E-state index in [1.807, 2.05) is 0 Å². The maximum atomic E-state index is 12.1. The standard InChI is InChI=1S/C16H23F3N4O/c1-2-13(23-9-3-4-10-23)11-21-15(20)22-12-5-7-14(8-6-12)24-16(17,18)19/h5-8,13H,2-4,9-11H2,1H3,(H3,20,21,22). The molecule has 3 N–H and O–H groups in total. The van der Waals surface area contributed by atoms with E-state index in [9.17, 15) is 13.2 Å². The lowest BCUT2D eigenvalue weighted by molar-refractivity contribution is -0.274. The van der Waals surface area contributed by atoms with Crippen LogP contribution in [0.4, 0.5) is 18.9 Å². The summed E-state index contributed by atoms with van der Waals surface area (Å²) in [5.41, 5.74) is 6.41. The number of alkyl halides is 3. The van der Waals surface area contributed by atoms with E-state index in [0.717, 1.165) is 19.5 Å². The van der Waals surface area contributed by atoms with Crippen molar-refractivity contribution in [2.24, 2.45) is 10.7 Å². The molecule has 1 heterocycles. The molecule has 1 aromatic rings. The van der Waals surface area contributed by atoms with Crippen molar-refractivity contribution in [3.8, 4) is 5.75 Å². The Kier molecular flexibility index (Phi) is 6.30. The summed E-state index contributed by atoms with van der Waals surface area (Å²) in [5.74, 6) is -0.0271. The maximum absolute atomic E-state index is 12.1. The van der Waals surface area contributed by atoms with Crippen molar-refractivity contribution >= 4 is 11.6 Å². The molecule has 134 valence electrons. The number of hydrogen-bond acceptors (Lipinski definition) is 3. The second kappa shape index (κ2) is 8.23. The van der Waals surface area contributed by atoms with Crippen molar-refractivity contribution in [1.82, 2.24) is 4.90 Å². The molecule has 0 saturated carbocycles. The summed E-state index contributed by atoms with van der Waals surface area (Å²) in [5, 5.41) is 2.87. The van der Waals surface area contributed by atoms with Crippen molar-refractivity contribution in [3.05, 3.63) is 24.3 Å². The number of hydrogen-bond donors (Lipinski definition) is 2. The van der Waals surface area contributed by atoms with Gasteiger partial charge in [-0.2, -0.15) is 0 Å². The number of likely N-dealkylation sites (tertiary alicyclic amines) is 1. The number of nitrogens with one attached hydrogen (secondary N) is 1. The molecule has 2 rings (SSSR count). The third-order valence-electron chi connectivity index (χ3n) is 3.96. The summed E-state index contributed by atoms with van der Waals surface area (Å²) >= 11 is 0. The number of anilines is 1.